The van der Waals surface area contributed by atoms with Crippen molar-refractivity contribution in [3.8, 4) is 39.9 Å². The Hall–Kier alpha value is -7.57. The zero-order chi connectivity index (χ0) is 36.0. The Balaban J connectivity index is 1.06. The molecule has 4 heterocycles. The molecule has 12 rings (SSSR count). The van der Waals surface area contributed by atoms with Gasteiger partial charge in [0, 0.05) is 54.7 Å². The number of rotatable bonds is 4. The second kappa shape index (κ2) is 11.5. The molecular weight excluding hydrogens is 677 g/mol. The van der Waals surface area contributed by atoms with Crippen LogP contribution >= 0.6 is 0 Å². The number of furan rings is 2. The quantitative estimate of drug-likeness (QED) is 0.182. The van der Waals surface area contributed by atoms with Crippen molar-refractivity contribution in [3.63, 3.8) is 0 Å². The molecule has 0 atom stereocenters. The fraction of sp³-hybridized carbons (Fsp3) is 0. The van der Waals surface area contributed by atoms with E-state index in [2.05, 4.69) is 126 Å². The summed E-state index contributed by atoms with van der Waals surface area (Å²) in [7, 11) is 0. The van der Waals surface area contributed by atoms with Gasteiger partial charge in [-0.2, -0.15) is 0 Å². The summed E-state index contributed by atoms with van der Waals surface area (Å²) in [5.41, 5.74) is 9.13. The molecule has 0 saturated heterocycles. The maximum absolute atomic E-state index is 6.29. The minimum Gasteiger partial charge on any atom is -0.456 e. The Kier molecular flexibility index (Phi) is 6.24. The van der Waals surface area contributed by atoms with Crippen molar-refractivity contribution in [2.24, 2.45) is 0 Å². The number of fused-ring (bicyclic) bond motifs is 10. The molecule has 0 bridgehead atoms. The van der Waals surface area contributed by atoms with Crippen LogP contribution in [0.4, 0.5) is 0 Å². The van der Waals surface area contributed by atoms with E-state index in [0.29, 0.717) is 17.5 Å². The predicted molar refractivity (Wildman–Crippen MR) is 223 cm³/mol. The van der Waals surface area contributed by atoms with E-state index in [1.165, 1.54) is 21.5 Å². The molecule has 12 aromatic rings. The number of para-hydroxylation sites is 3. The van der Waals surface area contributed by atoms with Gasteiger partial charge in [-0.25, -0.2) is 15.0 Å². The van der Waals surface area contributed by atoms with Crippen LogP contribution in [0.15, 0.2) is 179 Å². The van der Waals surface area contributed by atoms with Crippen LogP contribution in [0, 0.1) is 0 Å². The average molecular weight is 705 g/mol. The highest BCUT2D eigenvalue weighted by molar-refractivity contribution is 6.14. The molecule has 4 aromatic heterocycles. The van der Waals surface area contributed by atoms with Gasteiger partial charge in [0.25, 0.3) is 0 Å². The maximum atomic E-state index is 6.29. The highest BCUT2D eigenvalue weighted by Crippen LogP contribution is 2.37. The van der Waals surface area contributed by atoms with Crippen LogP contribution < -0.4 is 0 Å². The Morgan fingerprint density at radius 2 is 0.836 bits per heavy atom. The van der Waals surface area contributed by atoms with Crippen LogP contribution in [0.2, 0.25) is 0 Å². The van der Waals surface area contributed by atoms with Crippen LogP contribution in [0.25, 0.3) is 116 Å². The number of aromatic nitrogens is 4. The molecule has 0 fully saturated rings. The summed E-state index contributed by atoms with van der Waals surface area (Å²) in [4.78, 5) is 15.4. The van der Waals surface area contributed by atoms with Gasteiger partial charge in [-0.1, -0.05) is 103 Å². The van der Waals surface area contributed by atoms with Gasteiger partial charge in [-0.15, -0.1) is 0 Å². The molecule has 0 aliphatic carbocycles. The van der Waals surface area contributed by atoms with Crippen molar-refractivity contribution in [1.82, 2.24) is 19.5 Å². The van der Waals surface area contributed by atoms with Crippen molar-refractivity contribution < 1.29 is 8.83 Å². The monoisotopic (exact) mass is 704 g/mol. The summed E-state index contributed by atoms with van der Waals surface area (Å²) in [6, 6.07) is 58.8. The molecule has 0 radical (unpaired) electrons. The van der Waals surface area contributed by atoms with E-state index < -0.39 is 0 Å². The van der Waals surface area contributed by atoms with E-state index in [0.717, 1.165) is 77.3 Å². The first kappa shape index (κ1) is 29.9. The van der Waals surface area contributed by atoms with Crippen molar-refractivity contribution in [3.05, 3.63) is 170 Å². The van der Waals surface area contributed by atoms with Gasteiger partial charge >= 0.3 is 0 Å². The zero-order valence-corrected chi connectivity index (χ0v) is 29.3. The standard InChI is InChI=1S/C49H28N4O2/c1-2-11-30-26-42-40(25-29(30)10-1)35-14-3-6-17-41(35)53(42)34-13-9-12-31(24-34)47-50-48(32-20-22-38-36-15-4-7-18-43(36)54-45(38)27-32)52-49(51-47)33-21-23-39-37-16-5-8-19-44(37)55-46(39)28-33/h1-28H. The van der Waals surface area contributed by atoms with Gasteiger partial charge in [0.15, 0.2) is 17.5 Å². The van der Waals surface area contributed by atoms with Crippen LogP contribution in [0.1, 0.15) is 0 Å². The molecule has 0 saturated carbocycles. The summed E-state index contributed by atoms with van der Waals surface area (Å²) in [6.45, 7) is 0. The average Bonchev–Trinajstić information content (AvgIpc) is 3.91. The topological polar surface area (TPSA) is 69.9 Å². The van der Waals surface area contributed by atoms with Crippen LogP contribution in [0.5, 0.6) is 0 Å². The minimum absolute atomic E-state index is 0.556. The van der Waals surface area contributed by atoms with E-state index in [4.69, 9.17) is 23.8 Å². The summed E-state index contributed by atoms with van der Waals surface area (Å²) in [5.74, 6) is 1.68. The van der Waals surface area contributed by atoms with Crippen molar-refractivity contribution >= 4 is 76.5 Å². The third-order valence-corrected chi connectivity index (χ3v) is 10.8. The fourth-order valence-electron chi connectivity index (χ4n) is 8.21. The lowest BCUT2D eigenvalue weighted by molar-refractivity contribution is 0.668. The third-order valence-electron chi connectivity index (χ3n) is 10.8. The first-order chi connectivity index (χ1) is 27.2. The number of benzene rings is 8. The molecule has 6 nitrogen and oxygen atoms in total. The van der Waals surface area contributed by atoms with Crippen molar-refractivity contribution in [1.29, 1.82) is 0 Å². The molecule has 0 aliphatic heterocycles. The lowest BCUT2D eigenvalue weighted by Crippen LogP contribution is -2.01. The van der Waals surface area contributed by atoms with E-state index in [1.54, 1.807) is 0 Å². The largest absolute Gasteiger partial charge is 0.456 e. The molecule has 6 heteroatoms. The molecule has 0 spiro atoms. The highest BCUT2D eigenvalue weighted by atomic mass is 16.3. The van der Waals surface area contributed by atoms with E-state index in [9.17, 15) is 0 Å². The number of hydrogen-bond acceptors (Lipinski definition) is 5. The molecule has 0 amide bonds. The second-order valence-corrected chi connectivity index (χ2v) is 14.0. The molecule has 55 heavy (non-hydrogen) atoms. The van der Waals surface area contributed by atoms with E-state index in [-0.39, 0.29) is 0 Å². The summed E-state index contributed by atoms with van der Waals surface area (Å²) >= 11 is 0. The lowest BCUT2D eigenvalue weighted by Gasteiger charge is -2.12. The molecule has 8 aromatic carbocycles. The summed E-state index contributed by atoms with van der Waals surface area (Å²) in [6.07, 6.45) is 0. The Morgan fingerprint density at radius 1 is 0.327 bits per heavy atom. The minimum atomic E-state index is 0.556. The van der Waals surface area contributed by atoms with Crippen LogP contribution in [0.3, 0.4) is 0 Å². The summed E-state index contributed by atoms with van der Waals surface area (Å²) < 4.78 is 14.9. The molecule has 0 N–H and O–H groups in total. The molecule has 256 valence electrons. The summed E-state index contributed by atoms with van der Waals surface area (Å²) in [5, 5.41) is 9.10. The molecular formula is C49H28N4O2. The SMILES string of the molecule is c1cc(-c2nc(-c3ccc4c(c3)oc3ccccc34)nc(-c3ccc4c(c3)oc3ccccc34)n2)cc(-n2c3ccccc3c3cc4ccccc4cc32)c1. The van der Waals surface area contributed by atoms with Gasteiger partial charge in [-0.3, -0.25) is 0 Å². The predicted octanol–water partition coefficient (Wildman–Crippen LogP) is 12.9. The van der Waals surface area contributed by atoms with Crippen LogP contribution in [-0.2, 0) is 0 Å². The van der Waals surface area contributed by atoms with Gasteiger partial charge < -0.3 is 13.4 Å². The van der Waals surface area contributed by atoms with Crippen LogP contribution in [-0.4, -0.2) is 19.5 Å². The van der Waals surface area contributed by atoms with Gasteiger partial charge in [0.2, 0.25) is 0 Å². The highest BCUT2D eigenvalue weighted by Gasteiger charge is 2.18. The van der Waals surface area contributed by atoms with E-state index >= 15 is 0 Å². The Bertz CT molecular complexity index is 3380. The Labute approximate surface area is 313 Å². The second-order valence-electron chi connectivity index (χ2n) is 14.0. The maximum Gasteiger partial charge on any atom is 0.164 e. The van der Waals surface area contributed by atoms with Crippen molar-refractivity contribution in [2.75, 3.05) is 0 Å². The first-order valence-corrected chi connectivity index (χ1v) is 18.3. The Morgan fingerprint density at radius 3 is 1.47 bits per heavy atom. The lowest BCUT2D eigenvalue weighted by atomic mass is 10.1. The number of hydrogen-bond donors (Lipinski definition) is 0. The van der Waals surface area contributed by atoms with E-state index in [1.807, 2.05) is 48.5 Å². The molecule has 0 aliphatic rings. The van der Waals surface area contributed by atoms with Gasteiger partial charge in [0.05, 0.1) is 11.0 Å². The molecule has 0 unspecified atom stereocenters. The third kappa shape index (κ3) is 4.65. The van der Waals surface area contributed by atoms with Gasteiger partial charge in [-0.05, 0) is 77.5 Å². The normalized spacial score (nSPS) is 12.0. The first-order valence-electron chi connectivity index (χ1n) is 18.3. The zero-order valence-electron chi connectivity index (χ0n) is 29.3. The fourth-order valence-corrected chi connectivity index (χ4v) is 8.21. The smallest absolute Gasteiger partial charge is 0.164 e. The number of nitrogens with zero attached hydrogens (tertiary/aromatic N) is 4. The van der Waals surface area contributed by atoms with Crippen molar-refractivity contribution in [2.45, 2.75) is 0 Å². The van der Waals surface area contributed by atoms with Gasteiger partial charge in [0.1, 0.15) is 22.3 Å².